The van der Waals surface area contributed by atoms with Gasteiger partial charge in [0.25, 0.3) is 0 Å². The van der Waals surface area contributed by atoms with Gasteiger partial charge in [0.1, 0.15) is 11.6 Å². The summed E-state index contributed by atoms with van der Waals surface area (Å²) < 4.78 is 2.33. The van der Waals surface area contributed by atoms with Gasteiger partial charge in [0.2, 0.25) is 0 Å². The number of aromatic nitrogens is 3. The van der Waals surface area contributed by atoms with E-state index in [1.165, 1.54) is 16.7 Å². The van der Waals surface area contributed by atoms with E-state index in [-0.39, 0.29) is 24.2 Å². The Hall–Kier alpha value is -6.40. The first kappa shape index (κ1) is 34.4. The lowest BCUT2D eigenvalue weighted by Crippen LogP contribution is -2.58. The summed E-state index contributed by atoms with van der Waals surface area (Å²) in [7, 11) is 0. The van der Waals surface area contributed by atoms with Crippen molar-refractivity contribution in [3.63, 3.8) is 0 Å². The van der Waals surface area contributed by atoms with Crippen molar-refractivity contribution in [1.29, 1.82) is 0 Å². The van der Waals surface area contributed by atoms with Gasteiger partial charge in [-0.3, -0.25) is 4.98 Å². The maximum atomic E-state index is 11.5. The van der Waals surface area contributed by atoms with Gasteiger partial charge in [-0.25, -0.2) is 4.98 Å². The highest BCUT2D eigenvalue weighted by atomic mass is 16.3. The number of imidazole rings is 1. The molecule has 0 saturated heterocycles. The fraction of sp³-hybridized carbons (Fsp3) is 0.143. The first-order chi connectivity index (χ1) is 26.7. The van der Waals surface area contributed by atoms with Gasteiger partial charge in [-0.2, -0.15) is 0 Å². The van der Waals surface area contributed by atoms with Crippen molar-refractivity contribution >= 4 is 29.2 Å². The number of fused-ring (bicyclic) bond motifs is 5. The molecule has 1 aliphatic rings. The highest BCUT2D eigenvalue weighted by molar-refractivity contribution is 6.77. The number of anilines is 1. The Morgan fingerprint density at radius 3 is 1.96 bits per heavy atom. The zero-order valence-electron chi connectivity index (χ0n) is 31.9. The first-order valence-electron chi connectivity index (χ1n) is 19.1. The predicted molar refractivity (Wildman–Crippen MR) is 230 cm³/mol. The molecule has 0 fully saturated rings. The van der Waals surface area contributed by atoms with Crippen LogP contribution in [0.3, 0.4) is 0 Å². The minimum absolute atomic E-state index is 0.108. The van der Waals surface area contributed by atoms with Crippen molar-refractivity contribution in [2.24, 2.45) is 0 Å². The number of benzene rings is 6. The van der Waals surface area contributed by atoms with Crippen LogP contribution in [0.2, 0.25) is 0 Å². The first-order valence-corrected chi connectivity index (χ1v) is 19.1. The number of nitrogens with zero attached hydrogens (tertiary/aromatic N) is 4. The summed E-state index contributed by atoms with van der Waals surface area (Å²) in [6.07, 6.45) is 1.90. The SMILES string of the molecule is CC(C)N1B(c2ccc(-c3ccccc3)cc2)n2c(nc3c(-c4cc(-c5cc(-c6ccccc6)ccn5)cc(C(C)(C)C)c4)cccc32)-c2c(O)cccc21. The van der Waals surface area contributed by atoms with E-state index >= 15 is 0 Å². The quantitative estimate of drug-likeness (QED) is 0.174. The molecular weight excluding hydrogens is 671 g/mol. The van der Waals surface area contributed by atoms with Crippen LogP contribution < -0.4 is 10.3 Å². The van der Waals surface area contributed by atoms with Crippen LogP contribution in [0.4, 0.5) is 5.69 Å². The molecule has 0 bridgehead atoms. The minimum Gasteiger partial charge on any atom is -0.507 e. The third-order valence-electron chi connectivity index (χ3n) is 10.9. The van der Waals surface area contributed by atoms with Crippen molar-refractivity contribution in [2.75, 3.05) is 4.81 Å². The molecule has 2 aromatic heterocycles. The number of pyridine rings is 1. The highest BCUT2D eigenvalue weighted by Gasteiger charge is 2.41. The van der Waals surface area contributed by atoms with Crippen LogP contribution in [0.5, 0.6) is 5.75 Å². The summed E-state index contributed by atoms with van der Waals surface area (Å²) in [4.78, 5) is 12.8. The van der Waals surface area contributed by atoms with E-state index in [0.29, 0.717) is 0 Å². The Balaban J connectivity index is 1.26. The molecule has 0 atom stereocenters. The third-order valence-corrected chi connectivity index (χ3v) is 10.9. The lowest BCUT2D eigenvalue weighted by molar-refractivity contribution is 0.476. The van der Waals surface area contributed by atoms with Crippen LogP contribution >= 0.6 is 0 Å². The molecule has 268 valence electrons. The average Bonchev–Trinajstić information content (AvgIpc) is 3.60. The monoisotopic (exact) mass is 714 g/mol. The number of phenolic OH excluding ortho intramolecular Hbond substituents is 1. The second kappa shape index (κ2) is 13.5. The zero-order chi connectivity index (χ0) is 37.8. The van der Waals surface area contributed by atoms with E-state index in [1.807, 2.05) is 24.4 Å². The topological polar surface area (TPSA) is 54.2 Å². The van der Waals surface area contributed by atoms with Crippen molar-refractivity contribution < 1.29 is 5.11 Å². The normalized spacial score (nSPS) is 12.6. The van der Waals surface area contributed by atoms with Gasteiger partial charge in [-0.05, 0) is 101 Å². The van der Waals surface area contributed by atoms with E-state index in [9.17, 15) is 5.11 Å². The van der Waals surface area contributed by atoms with Gasteiger partial charge < -0.3 is 14.4 Å². The molecule has 0 radical (unpaired) electrons. The molecule has 9 rings (SSSR count). The lowest BCUT2D eigenvalue weighted by Gasteiger charge is -2.41. The molecule has 6 heteroatoms. The molecule has 1 aliphatic heterocycles. The smallest absolute Gasteiger partial charge is 0.417 e. The molecule has 0 saturated carbocycles. The molecule has 3 heterocycles. The van der Waals surface area contributed by atoms with Gasteiger partial charge in [0.15, 0.2) is 0 Å². The van der Waals surface area contributed by atoms with Crippen molar-refractivity contribution in [2.45, 2.75) is 46.1 Å². The van der Waals surface area contributed by atoms with Gasteiger partial charge in [-0.1, -0.05) is 130 Å². The van der Waals surface area contributed by atoms with Crippen LogP contribution in [0.15, 0.2) is 158 Å². The maximum absolute atomic E-state index is 11.5. The second-order valence-electron chi connectivity index (χ2n) is 15.9. The molecule has 55 heavy (non-hydrogen) atoms. The number of aromatic hydroxyl groups is 1. The van der Waals surface area contributed by atoms with E-state index < -0.39 is 0 Å². The second-order valence-corrected chi connectivity index (χ2v) is 15.9. The average molecular weight is 715 g/mol. The van der Waals surface area contributed by atoms with Crippen LogP contribution in [-0.2, 0) is 5.41 Å². The van der Waals surface area contributed by atoms with E-state index in [4.69, 9.17) is 9.97 Å². The summed E-state index contributed by atoms with van der Waals surface area (Å²) in [5, 5.41) is 11.5. The molecule has 1 N–H and O–H groups in total. The molecule has 8 aromatic rings. The molecular formula is C49H43BN4O. The van der Waals surface area contributed by atoms with Gasteiger partial charge in [0.05, 0.1) is 22.3 Å². The molecule has 0 amide bonds. The highest BCUT2D eigenvalue weighted by Crippen LogP contribution is 2.46. The number of hydrogen-bond donors (Lipinski definition) is 1. The Morgan fingerprint density at radius 2 is 1.27 bits per heavy atom. The van der Waals surface area contributed by atoms with Crippen LogP contribution in [0, 0.1) is 0 Å². The number of rotatable bonds is 6. The molecule has 5 nitrogen and oxygen atoms in total. The third kappa shape index (κ3) is 6.08. The Bertz CT molecular complexity index is 2680. The Labute approximate surface area is 323 Å². The molecule has 0 aliphatic carbocycles. The summed E-state index contributed by atoms with van der Waals surface area (Å²) in [5.41, 5.74) is 14.6. The summed E-state index contributed by atoms with van der Waals surface area (Å²) in [6, 6.07) is 53.4. The standard InChI is InChI=1S/C49H43BN4O/c1-32(2)53-43-19-13-21-45(55)46(43)48-52-47-41(18-12-20-44(47)54(48)50(53)40-24-22-35(23-25-40)33-14-8-6-9-15-33)37-28-38(30-39(29-37)49(3,4)5)42-31-36(26-27-51-42)34-16-10-7-11-17-34/h6-32,55H,1-5H3. The van der Waals surface area contributed by atoms with Crippen molar-refractivity contribution in [3.05, 3.63) is 163 Å². The number of phenols is 1. The van der Waals surface area contributed by atoms with E-state index in [1.54, 1.807) is 6.07 Å². The molecule has 6 aromatic carbocycles. The summed E-state index contributed by atoms with van der Waals surface area (Å²) in [6.45, 7) is 11.0. The summed E-state index contributed by atoms with van der Waals surface area (Å²) in [5.74, 6) is 0.981. The van der Waals surface area contributed by atoms with E-state index in [2.05, 4.69) is 171 Å². The van der Waals surface area contributed by atoms with Crippen molar-refractivity contribution in [3.8, 4) is 61.8 Å². The fourth-order valence-corrected chi connectivity index (χ4v) is 8.11. The number of hydrogen-bond acceptors (Lipinski definition) is 4. The molecule has 0 spiro atoms. The number of para-hydroxylation sites is 1. The summed E-state index contributed by atoms with van der Waals surface area (Å²) >= 11 is 0. The van der Waals surface area contributed by atoms with Gasteiger partial charge in [-0.15, -0.1) is 0 Å². The minimum atomic E-state index is -0.198. The van der Waals surface area contributed by atoms with Crippen molar-refractivity contribution in [1.82, 2.24) is 14.4 Å². The predicted octanol–water partition coefficient (Wildman–Crippen LogP) is 11.2. The van der Waals surface area contributed by atoms with Crippen LogP contribution in [-0.4, -0.2) is 32.6 Å². The van der Waals surface area contributed by atoms with Crippen LogP contribution in [0.25, 0.3) is 67.1 Å². The van der Waals surface area contributed by atoms with Crippen LogP contribution in [0.1, 0.15) is 40.2 Å². The largest absolute Gasteiger partial charge is 0.507 e. The Kier molecular flexibility index (Phi) is 8.42. The lowest BCUT2D eigenvalue weighted by atomic mass is 9.62. The van der Waals surface area contributed by atoms with Gasteiger partial charge in [0, 0.05) is 29.1 Å². The fourth-order valence-electron chi connectivity index (χ4n) is 8.11. The van der Waals surface area contributed by atoms with E-state index in [0.717, 1.165) is 67.1 Å². The Morgan fingerprint density at radius 1 is 0.618 bits per heavy atom. The van der Waals surface area contributed by atoms with Gasteiger partial charge >= 0.3 is 6.98 Å². The maximum Gasteiger partial charge on any atom is 0.417 e. The molecule has 0 unspecified atom stereocenters. The zero-order valence-corrected chi connectivity index (χ0v) is 31.9.